The van der Waals surface area contributed by atoms with Gasteiger partial charge in [-0.1, -0.05) is 13.3 Å². The monoisotopic (exact) mass is 232 g/mol. The van der Waals surface area contributed by atoms with Crippen LogP contribution in [0.3, 0.4) is 0 Å². The van der Waals surface area contributed by atoms with E-state index in [4.69, 9.17) is 12.2 Å². The Kier molecular flexibility index (Phi) is 5.63. The molecule has 0 amide bonds. The summed E-state index contributed by atoms with van der Waals surface area (Å²) in [5, 5.41) is 4.23. The van der Waals surface area contributed by atoms with E-state index in [9.17, 15) is 0 Å². The average Bonchev–Trinajstić information content (AvgIpc) is 2.69. The maximum absolute atomic E-state index is 5.33. The van der Waals surface area contributed by atoms with Gasteiger partial charge in [0.1, 0.15) is 0 Å². The lowest BCUT2D eigenvalue weighted by atomic mass is 10.2. The summed E-state index contributed by atoms with van der Waals surface area (Å²) < 4.78 is 0. The van der Waals surface area contributed by atoms with Crippen LogP contribution in [0.15, 0.2) is 0 Å². The lowest BCUT2D eigenvalue weighted by molar-refractivity contribution is 0.391. The largest absolute Gasteiger partial charge is 0.363 e. The van der Waals surface area contributed by atoms with Gasteiger partial charge in [0.15, 0.2) is 5.11 Å². The Morgan fingerprint density at radius 3 is 3.00 bits per heavy atom. The van der Waals surface area contributed by atoms with E-state index in [1.807, 2.05) is 11.8 Å². The molecule has 2 nitrogen and oxygen atoms in total. The molecule has 0 aliphatic carbocycles. The average molecular weight is 232 g/mol. The zero-order chi connectivity index (χ0) is 10.4. The van der Waals surface area contributed by atoms with Crippen LogP contribution in [-0.2, 0) is 0 Å². The Bertz CT molecular complexity index is 179. The Morgan fingerprint density at radius 2 is 2.43 bits per heavy atom. The van der Waals surface area contributed by atoms with E-state index in [0.29, 0.717) is 6.04 Å². The van der Waals surface area contributed by atoms with E-state index in [2.05, 4.69) is 24.2 Å². The van der Waals surface area contributed by atoms with Gasteiger partial charge in [-0.05, 0) is 30.8 Å². The summed E-state index contributed by atoms with van der Waals surface area (Å²) in [6.45, 7) is 3.21. The fourth-order valence-corrected chi connectivity index (χ4v) is 3.01. The third kappa shape index (κ3) is 3.65. The first-order valence-corrected chi connectivity index (χ1v) is 6.90. The van der Waals surface area contributed by atoms with Crippen molar-refractivity contribution in [3.63, 3.8) is 0 Å². The van der Waals surface area contributed by atoms with E-state index in [1.54, 1.807) is 0 Å². The second-order valence-corrected chi connectivity index (χ2v) is 5.25. The zero-order valence-electron chi connectivity index (χ0n) is 9.08. The molecule has 4 heteroatoms. The maximum atomic E-state index is 5.33. The first kappa shape index (κ1) is 12.1. The predicted molar refractivity (Wildman–Crippen MR) is 69.0 cm³/mol. The lowest BCUT2D eigenvalue weighted by Crippen LogP contribution is -2.43. The molecule has 0 bridgehead atoms. The third-order valence-corrected chi connectivity index (χ3v) is 4.16. The van der Waals surface area contributed by atoms with Crippen LogP contribution in [0, 0.1) is 0 Å². The van der Waals surface area contributed by atoms with Gasteiger partial charge in [-0.25, -0.2) is 0 Å². The highest BCUT2D eigenvalue weighted by Gasteiger charge is 2.21. The summed E-state index contributed by atoms with van der Waals surface area (Å²) in [5.74, 6) is 2.51. The molecule has 0 aromatic rings. The SMILES string of the molecule is CCCCNC(=S)N(C)C1CCSC1. The van der Waals surface area contributed by atoms with Gasteiger partial charge in [0, 0.05) is 25.4 Å². The minimum absolute atomic E-state index is 0.654. The van der Waals surface area contributed by atoms with Crippen molar-refractivity contribution in [3.05, 3.63) is 0 Å². The van der Waals surface area contributed by atoms with Gasteiger partial charge in [-0.2, -0.15) is 11.8 Å². The Morgan fingerprint density at radius 1 is 1.64 bits per heavy atom. The molecule has 1 heterocycles. The van der Waals surface area contributed by atoms with Crippen LogP contribution < -0.4 is 5.32 Å². The molecule has 82 valence electrons. The fraction of sp³-hybridized carbons (Fsp3) is 0.900. The Balaban J connectivity index is 2.21. The number of nitrogens with zero attached hydrogens (tertiary/aromatic N) is 1. The Hall–Kier alpha value is 0.0400. The molecule has 1 saturated heterocycles. The summed E-state index contributed by atoms with van der Waals surface area (Å²) in [5.41, 5.74) is 0. The van der Waals surface area contributed by atoms with Gasteiger partial charge in [0.05, 0.1) is 0 Å². The summed E-state index contributed by atoms with van der Waals surface area (Å²) in [6.07, 6.45) is 3.70. The maximum Gasteiger partial charge on any atom is 0.168 e. The van der Waals surface area contributed by atoms with Crippen molar-refractivity contribution in [1.29, 1.82) is 0 Å². The normalized spacial score (nSPS) is 20.9. The molecule has 1 N–H and O–H groups in total. The summed E-state index contributed by atoms with van der Waals surface area (Å²) in [7, 11) is 2.11. The molecule has 1 unspecified atom stereocenters. The number of unbranched alkanes of at least 4 members (excludes halogenated alkanes) is 1. The fourth-order valence-electron chi connectivity index (χ4n) is 1.49. The molecule has 0 aromatic carbocycles. The second kappa shape index (κ2) is 6.51. The topological polar surface area (TPSA) is 15.3 Å². The molecule has 0 radical (unpaired) electrons. The number of thioether (sulfide) groups is 1. The van der Waals surface area contributed by atoms with Gasteiger partial charge in [-0.3, -0.25) is 0 Å². The molecular formula is C10H20N2S2. The number of rotatable bonds is 4. The highest BCUT2D eigenvalue weighted by Crippen LogP contribution is 2.21. The van der Waals surface area contributed by atoms with Crippen LogP contribution in [-0.4, -0.2) is 41.2 Å². The van der Waals surface area contributed by atoms with Crippen LogP contribution in [0.25, 0.3) is 0 Å². The van der Waals surface area contributed by atoms with Crippen molar-refractivity contribution in [2.45, 2.75) is 32.2 Å². The first-order valence-electron chi connectivity index (χ1n) is 5.34. The standard InChI is InChI=1S/C10H20N2S2/c1-3-4-6-11-10(13)12(2)9-5-7-14-8-9/h9H,3-8H2,1-2H3,(H,11,13). The Labute approximate surface area is 96.8 Å². The molecule has 1 rings (SSSR count). The number of hydrogen-bond donors (Lipinski definition) is 1. The van der Waals surface area contributed by atoms with Crippen molar-refractivity contribution in [3.8, 4) is 0 Å². The quantitative estimate of drug-likeness (QED) is 0.589. The van der Waals surface area contributed by atoms with Crippen molar-refractivity contribution >= 4 is 29.1 Å². The molecule has 1 aliphatic rings. The van der Waals surface area contributed by atoms with E-state index < -0.39 is 0 Å². The lowest BCUT2D eigenvalue weighted by Gasteiger charge is -2.26. The summed E-state index contributed by atoms with van der Waals surface area (Å²) in [4.78, 5) is 2.23. The molecule has 1 fully saturated rings. The van der Waals surface area contributed by atoms with E-state index in [-0.39, 0.29) is 0 Å². The van der Waals surface area contributed by atoms with Gasteiger partial charge in [0.2, 0.25) is 0 Å². The van der Waals surface area contributed by atoms with Crippen LogP contribution in [0.5, 0.6) is 0 Å². The zero-order valence-corrected chi connectivity index (χ0v) is 10.7. The van der Waals surface area contributed by atoms with Crippen LogP contribution in [0.4, 0.5) is 0 Å². The van der Waals surface area contributed by atoms with Crippen molar-refractivity contribution in [1.82, 2.24) is 10.2 Å². The van der Waals surface area contributed by atoms with Crippen molar-refractivity contribution in [2.75, 3.05) is 25.1 Å². The summed E-state index contributed by atoms with van der Waals surface area (Å²) in [6, 6.07) is 0.654. The van der Waals surface area contributed by atoms with Gasteiger partial charge < -0.3 is 10.2 Å². The van der Waals surface area contributed by atoms with Gasteiger partial charge >= 0.3 is 0 Å². The van der Waals surface area contributed by atoms with E-state index >= 15 is 0 Å². The molecular weight excluding hydrogens is 212 g/mol. The molecule has 14 heavy (non-hydrogen) atoms. The number of thiocarbonyl (C=S) groups is 1. The highest BCUT2D eigenvalue weighted by atomic mass is 32.2. The molecule has 0 aromatic heterocycles. The predicted octanol–water partition coefficient (Wildman–Crippen LogP) is 2.10. The van der Waals surface area contributed by atoms with Crippen molar-refractivity contribution in [2.24, 2.45) is 0 Å². The first-order chi connectivity index (χ1) is 6.75. The van der Waals surface area contributed by atoms with Gasteiger partial charge in [-0.15, -0.1) is 0 Å². The minimum Gasteiger partial charge on any atom is -0.363 e. The summed E-state index contributed by atoms with van der Waals surface area (Å²) >= 11 is 7.36. The number of hydrogen-bond acceptors (Lipinski definition) is 2. The van der Waals surface area contributed by atoms with Crippen LogP contribution in [0.1, 0.15) is 26.2 Å². The van der Waals surface area contributed by atoms with Crippen LogP contribution in [0.2, 0.25) is 0 Å². The molecule has 0 spiro atoms. The minimum atomic E-state index is 0.654. The third-order valence-electron chi connectivity index (χ3n) is 2.58. The number of nitrogens with one attached hydrogen (secondary N) is 1. The second-order valence-electron chi connectivity index (χ2n) is 3.71. The van der Waals surface area contributed by atoms with E-state index in [1.165, 1.54) is 30.8 Å². The molecule has 0 saturated carbocycles. The molecule has 1 atom stereocenters. The van der Waals surface area contributed by atoms with Crippen molar-refractivity contribution < 1.29 is 0 Å². The van der Waals surface area contributed by atoms with Gasteiger partial charge in [0.25, 0.3) is 0 Å². The van der Waals surface area contributed by atoms with Crippen LogP contribution >= 0.6 is 24.0 Å². The highest BCUT2D eigenvalue weighted by molar-refractivity contribution is 7.99. The smallest absolute Gasteiger partial charge is 0.168 e. The van der Waals surface area contributed by atoms with E-state index in [0.717, 1.165) is 11.7 Å². The molecule has 1 aliphatic heterocycles.